The standard InChI is InChI=1S/C18H28N6O.HI/c1-7-19-18(20-11-17-23-22-14(4)24(17)5)21-13(3)15-10-12(2)8-9-16(15)25-6;/h8-10,13H,7,11H2,1-6H3,(H2,19,20,21);1H. The van der Waals surface area contributed by atoms with Crippen molar-refractivity contribution in [3.8, 4) is 5.75 Å². The van der Waals surface area contributed by atoms with Crippen molar-refractivity contribution in [1.82, 2.24) is 25.4 Å². The first-order valence-electron chi connectivity index (χ1n) is 8.50. The Morgan fingerprint density at radius 2 is 2.04 bits per heavy atom. The molecule has 26 heavy (non-hydrogen) atoms. The molecule has 0 fully saturated rings. The van der Waals surface area contributed by atoms with E-state index < -0.39 is 0 Å². The number of methoxy groups -OCH3 is 1. The van der Waals surface area contributed by atoms with E-state index >= 15 is 0 Å². The first-order valence-corrected chi connectivity index (χ1v) is 8.50. The zero-order chi connectivity index (χ0) is 18.4. The Bertz CT molecular complexity index is 743. The lowest BCUT2D eigenvalue weighted by atomic mass is 10.0. The van der Waals surface area contributed by atoms with Gasteiger partial charge in [-0.2, -0.15) is 0 Å². The van der Waals surface area contributed by atoms with Crippen LogP contribution in [0.4, 0.5) is 0 Å². The fourth-order valence-corrected chi connectivity index (χ4v) is 2.53. The second-order valence-electron chi connectivity index (χ2n) is 6.03. The minimum absolute atomic E-state index is 0. The molecule has 0 spiro atoms. The molecule has 1 unspecified atom stereocenters. The molecule has 2 rings (SSSR count). The number of benzene rings is 1. The van der Waals surface area contributed by atoms with Gasteiger partial charge in [-0.1, -0.05) is 17.7 Å². The maximum atomic E-state index is 5.49. The molecule has 8 heteroatoms. The number of rotatable bonds is 6. The zero-order valence-electron chi connectivity index (χ0n) is 16.3. The molecule has 0 bridgehead atoms. The van der Waals surface area contributed by atoms with Gasteiger partial charge in [0.15, 0.2) is 11.8 Å². The summed E-state index contributed by atoms with van der Waals surface area (Å²) < 4.78 is 7.43. The fraction of sp³-hybridized carbons (Fsp3) is 0.500. The van der Waals surface area contributed by atoms with Crippen LogP contribution in [0, 0.1) is 13.8 Å². The summed E-state index contributed by atoms with van der Waals surface area (Å²) in [4.78, 5) is 4.63. The minimum atomic E-state index is 0. The van der Waals surface area contributed by atoms with Gasteiger partial charge in [-0.3, -0.25) is 0 Å². The molecule has 1 aromatic carbocycles. The van der Waals surface area contributed by atoms with Crippen molar-refractivity contribution in [2.75, 3.05) is 13.7 Å². The van der Waals surface area contributed by atoms with E-state index in [-0.39, 0.29) is 30.0 Å². The fourth-order valence-electron chi connectivity index (χ4n) is 2.53. The summed E-state index contributed by atoms with van der Waals surface area (Å²) in [5.41, 5.74) is 2.29. The van der Waals surface area contributed by atoms with Gasteiger partial charge in [0.05, 0.1) is 13.2 Å². The van der Waals surface area contributed by atoms with Crippen LogP contribution in [0.5, 0.6) is 5.75 Å². The number of aromatic nitrogens is 3. The molecule has 0 radical (unpaired) electrons. The first kappa shape index (κ1) is 22.2. The smallest absolute Gasteiger partial charge is 0.192 e. The molecule has 0 aliphatic carbocycles. The molecule has 0 aliphatic heterocycles. The number of aliphatic imine (C=N–C) groups is 1. The lowest BCUT2D eigenvalue weighted by molar-refractivity contribution is 0.405. The Morgan fingerprint density at radius 3 is 2.62 bits per heavy atom. The van der Waals surface area contributed by atoms with E-state index in [0.717, 1.165) is 35.5 Å². The van der Waals surface area contributed by atoms with E-state index in [2.05, 4.69) is 45.7 Å². The monoisotopic (exact) mass is 472 g/mol. The van der Waals surface area contributed by atoms with Crippen LogP contribution in [-0.2, 0) is 13.6 Å². The second kappa shape index (κ2) is 10.3. The topological polar surface area (TPSA) is 76.4 Å². The van der Waals surface area contributed by atoms with Crippen molar-refractivity contribution in [3.05, 3.63) is 41.0 Å². The van der Waals surface area contributed by atoms with Crippen LogP contribution < -0.4 is 15.4 Å². The predicted octanol–water partition coefficient (Wildman–Crippen LogP) is 2.87. The van der Waals surface area contributed by atoms with Crippen LogP contribution in [0.2, 0.25) is 0 Å². The SMILES string of the molecule is CCNC(=NCc1nnc(C)n1C)NC(C)c1cc(C)ccc1OC.I. The van der Waals surface area contributed by atoms with Crippen molar-refractivity contribution in [2.24, 2.45) is 12.0 Å². The number of guanidine groups is 1. The zero-order valence-corrected chi connectivity index (χ0v) is 18.7. The Morgan fingerprint density at radius 1 is 1.31 bits per heavy atom. The molecule has 0 aliphatic rings. The summed E-state index contributed by atoms with van der Waals surface area (Å²) in [6.07, 6.45) is 0. The molecule has 7 nitrogen and oxygen atoms in total. The molecule has 2 N–H and O–H groups in total. The molecule has 2 aromatic rings. The van der Waals surface area contributed by atoms with Crippen LogP contribution in [0.15, 0.2) is 23.2 Å². The van der Waals surface area contributed by atoms with Crippen molar-refractivity contribution < 1.29 is 4.74 Å². The van der Waals surface area contributed by atoms with Crippen LogP contribution in [-0.4, -0.2) is 34.4 Å². The molecule has 0 amide bonds. The largest absolute Gasteiger partial charge is 0.496 e. The van der Waals surface area contributed by atoms with Crippen molar-refractivity contribution in [3.63, 3.8) is 0 Å². The number of halogens is 1. The highest BCUT2D eigenvalue weighted by Crippen LogP contribution is 2.25. The number of hydrogen-bond acceptors (Lipinski definition) is 4. The van der Waals surface area contributed by atoms with Gasteiger partial charge in [0, 0.05) is 19.2 Å². The molecule has 0 saturated carbocycles. The number of nitrogens with zero attached hydrogens (tertiary/aromatic N) is 4. The third-order valence-electron chi connectivity index (χ3n) is 4.11. The maximum Gasteiger partial charge on any atom is 0.192 e. The summed E-state index contributed by atoms with van der Waals surface area (Å²) in [7, 11) is 3.64. The predicted molar refractivity (Wildman–Crippen MR) is 115 cm³/mol. The molecular weight excluding hydrogens is 443 g/mol. The summed E-state index contributed by atoms with van der Waals surface area (Å²) in [5.74, 6) is 3.31. The average Bonchev–Trinajstić information content (AvgIpc) is 2.91. The van der Waals surface area contributed by atoms with Gasteiger partial charge in [0.1, 0.15) is 18.1 Å². The second-order valence-corrected chi connectivity index (χ2v) is 6.03. The van der Waals surface area contributed by atoms with Crippen LogP contribution in [0.3, 0.4) is 0 Å². The van der Waals surface area contributed by atoms with E-state index in [1.54, 1.807) is 7.11 Å². The first-order chi connectivity index (χ1) is 12.0. The van der Waals surface area contributed by atoms with E-state index in [9.17, 15) is 0 Å². The number of ether oxygens (including phenoxy) is 1. The maximum absolute atomic E-state index is 5.49. The van der Waals surface area contributed by atoms with Crippen molar-refractivity contribution in [1.29, 1.82) is 0 Å². The van der Waals surface area contributed by atoms with E-state index in [1.165, 1.54) is 5.56 Å². The van der Waals surface area contributed by atoms with Crippen LogP contribution in [0.1, 0.15) is 42.7 Å². The van der Waals surface area contributed by atoms with Crippen LogP contribution in [0.25, 0.3) is 0 Å². The number of nitrogens with one attached hydrogen (secondary N) is 2. The Hall–Kier alpha value is -1.84. The van der Waals surface area contributed by atoms with Gasteiger partial charge >= 0.3 is 0 Å². The molecule has 0 saturated heterocycles. The van der Waals surface area contributed by atoms with Gasteiger partial charge in [0.25, 0.3) is 0 Å². The van der Waals surface area contributed by atoms with Gasteiger partial charge in [-0.15, -0.1) is 34.2 Å². The molecular formula is C18H29IN6O. The van der Waals surface area contributed by atoms with E-state index in [0.29, 0.717) is 6.54 Å². The number of aryl methyl sites for hydroxylation is 2. The Kier molecular flexibility index (Phi) is 8.83. The highest BCUT2D eigenvalue weighted by molar-refractivity contribution is 14.0. The quantitative estimate of drug-likeness (QED) is 0.384. The minimum Gasteiger partial charge on any atom is -0.496 e. The van der Waals surface area contributed by atoms with Crippen LogP contribution >= 0.6 is 24.0 Å². The van der Waals surface area contributed by atoms with E-state index in [1.807, 2.05) is 37.6 Å². The Labute approximate surface area is 172 Å². The average molecular weight is 472 g/mol. The lowest BCUT2D eigenvalue weighted by Crippen LogP contribution is -2.38. The van der Waals surface area contributed by atoms with Crippen molar-refractivity contribution in [2.45, 2.75) is 40.3 Å². The highest BCUT2D eigenvalue weighted by Gasteiger charge is 2.13. The summed E-state index contributed by atoms with van der Waals surface area (Å²) in [6.45, 7) is 9.38. The van der Waals surface area contributed by atoms with Gasteiger partial charge in [-0.25, -0.2) is 4.99 Å². The molecule has 1 heterocycles. The summed E-state index contributed by atoms with van der Waals surface area (Å²) >= 11 is 0. The van der Waals surface area contributed by atoms with Crippen molar-refractivity contribution >= 4 is 29.9 Å². The summed E-state index contributed by atoms with van der Waals surface area (Å²) in [5, 5.41) is 14.9. The normalized spacial score (nSPS) is 12.3. The number of hydrogen-bond donors (Lipinski definition) is 2. The lowest BCUT2D eigenvalue weighted by Gasteiger charge is -2.20. The third kappa shape index (κ3) is 5.58. The third-order valence-corrected chi connectivity index (χ3v) is 4.11. The Balaban J connectivity index is 0.00000338. The highest BCUT2D eigenvalue weighted by atomic mass is 127. The molecule has 144 valence electrons. The van der Waals surface area contributed by atoms with Gasteiger partial charge in [-0.05, 0) is 33.8 Å². The van der Waals surface area contributed by atoms with Gasteiger partial charge < -0.3 is 19.9 Å². The van der Waals surface area contributed by atoms with E-state index in [4.69, 9.17) is 4.74 Å². The summed E-state index contributed by atoms with van der Waals surface area (Å²) in [6, 6.07) is 6.22. The molecule has 1 atom stereocenters. The molecule has 1 aromatic heterocycles. The van der Waals surface area contributed by atoms with Gasteiger partial charge in [0.2, 0.25) is 0 Å².